The van der Waals surface area contributed by atoms with Crippen LogP contribution in [0.3, 0.4) is 0 Å². The summed E-state index contributed by atoms with van der Waals surface area (Å²) in [5.41, 5.74) is 2.71. The molecule has 198 valence electrons. The van der Waals surface area contributed by atoms with Gasteiger partial charge in [0.15, 0.2) is 0 Å². The van der Waals surface area contributed by atoms with Crippen molar-refractivity contribution in [2.24, 2.45) is 0 Å². The number of aryl methyl sites for hydroxylation is 1. The number of carbonyl (C=O) groups is 3. The first-order valence-corrected chi connectivity index (χ1v) is 14.0. The zero-order valence-corrected chi connectivity index (χ0v) is 22.3. The van der Waals surface area contributed by atoms with Crippen LogP contribution < -0.4 is 5.32 Å². The maximum absolute atomic E-state index is 13.9. The van der Waals surface area contributed by atoms with E-state index < -0.39 is 34.4 Å². The lowest BCUT2D eigenvalue weighted by atomic mass is 10.0. The minimum Gasteiger partial charge on any atom is -0.354 e. The molecule has 1 N–H and O–H groups in total. The van der Waals surface area contributed by atoms with E-state index in [4.69, 9.17) is 0 Å². The molecule has 0 saturated heterocycles. The molecule has 38 heavy (non-hydrogen) atoms. The second-order valence-electron chi connectivity index (χ2n) is 9.32. The van der Waals surface area contributed by atoms with E-state index in [1.165, 1.54) is 23.1 Å². The predicted octanol–water partition coefficient (Wildman–Crippen LogP) is 3.31. The lowest BCUT2D eigenvalue weighted by Crippen LogP contribution is -2.53. The molecule has 0 aromatic heterocycles. The summed E-state index contributed by atoms with van der Waals surface area (Å²) in [7, 11) is -4.19. The van der Waals surface area contributed by atoms with Crippen LogP contribution in [0, 0.1) is 6.92 Å². The Morgan fingerprint density at radius 2 is 1.58 bits per heavy atom. The van der Waals surface area contributed by atoms with Crippen molar-refractivity contribution in [3.8, 4) is 0 Å². The van der Waals surface area contributed by atoms with Crippen LogP contribution in [0.5, 0.6) is 0 Å². The summed E-state index contributed by atoms with van der Waals surface area (Å²) in [6, 6.07) is 21.9. The Balaban J connectivity index is 1.70. The van der Waals surface area contributed by atoms with E-state index in [0.717, 1.165) is 16.7 Å². The van der Waals surface area contributed by atoms with Crippen LogP contribution >= 0.6 is 0 Å². The molecule has 1 aliphatic rings. The van der Waals surface area contributed by atoms with Crippen LogP contribution in [-0.4, -0.2) is 54.5 Å². The number of fused-ring (bicyclic) bond motifs is 1. The normalized spacial score (nSPS) is 14.6. The van der Waals surface area contributed by atoms with Gasteiger partial charge in [-0.05, 0) is 36.6 Å². The molecule has 0 saturated carbocycles. The largest absolute Gasteiger partial charge is 0.354 e. The van der Waals surface area contributed by atoms with Gasteiger partial charge in [-0.25, -0.2) is 12.7 Å². The van der Waals surface area contributed by atoms with E-state index in [2.05, 4.69) is 5.32 Å². The highest BCUT2D eigenvalue weighted by molar-refractivity contribution is 7.90. The Bertz CT molecular complexity index is 1420. The van der Waals surface area contributed by atoms with Crippen LogP contribution in [-0.2, 0) is 32.6 Å². The monoisotopic (exact) mass is 533 g/mol. The van der Waals surface area contributed by atoms with Gasteiger partial charge in [-0.15, -0.1) is 0 Å². The number of amides is 3. The molecular weight excluding hydrogens is 502 g/mol. The first-order valence-electron chi connectivity index (χ1n) is 12.5. The molecule has 4 rings (SSSR count). The smallest absolute Gasteiger partial charge is 0.269 e. The molecule has 0 spiro atoms. The van der Waals surface area contributed by atoms with Gasteiger partial charge in [0.05, 0.1) is 5.56 Å². The van der Waals surface area contributed by atoms with Gasteiger partial charge in [-0.3, -0.25) is 14.4 Å². The highest BCUT2D eigenvalue weighted by Crippen LogP contribution is 2.30. The maximum Gasteiger partial charge on any atom is 0.269 e. The number of nitrogens with one attached hydrogen (secondary N) is 1. The van der Waals surface area contributed by atoms with Crippen molar-refractivity contribution in [1.29, 1.82) is 0 Å². The number of carbonyl (C=O) groups excluding carboxylic acids is 3. The molecule has 0 unspecified atom stereocenters. The number of hydrogen-bond donors (Lipinski definition) is 1. The van der Waals surface area contributed by atoms with Crippen LogP contribution in [0.4, 0.5) is 0 Å². The minimum absolute atomic E-state index is 0.0342. The summed E-state index contributed by atoms with van der Waals surface area (Å²) in [6.07, 6.45) is 0.948. The van der Waals surface area contributed by atoms with E-state index in [9.17, 15) is 22.8 Å². The Labute approximate surface area is 223 Å². The second-order valence-corrected chi connectivity index (χ2v) is 11.1. The average Bonchev–Trinajstić information content (AvgIpc) is 3.11. The Morgan fingerprint density at radius 3 is 2.24 bits per heavy atom. The highest BCUT2D eigenvalue weighted by Gasteiger charge is 2.43. The van der Waals surface area contributed by atoms with Crippen LogP contribution in [0.15, 0.2) is 83.8 Å². The van der Waals surface area contributed by atoms with Gasteiger partial charge in [0.25, 0.3) is 15.9 Å². The van der Waals surface area contributed by atoms with E-state index in [-0.39, 0.29) is 29.3 Å². The van der Waals surface area contributed by atoms with Crippen molar-refractivity contribution in [3.63, 3.8) is 0 Å². The molecule has 0 aliphatic carbocycles. The average molecular weight is 534 g/mol. The summed E-state index contributed by atoms with van der Waals surface area (Å²) in [5, 5.41) is 2.88. The van der Waals surface area contributed by atoms with E-state index >= 15 is 0 Å². The van der Waals surface area contributed by atoms with Crippen molar-refractivity contribution in [2.75, 3.05) is 13.1 Å². The third-order valence-corrected chi connectivity index (χ3v) is 8.27. The van der Waals surface area contributed by atoms with Crippen LogP contribution in [0.2, 0.25) is 0 Å². The van der Waals surface area contributed by atoms with E-state index in [1.807, 2.05) is 68.4 Å². The molecule has 3 aromatic rings. The summed E-state index contributed by atoms with van der Waals surface area (Å²) < 4.78 is 26.9. The number of nitrogens with zero attached hydrogens (tertiary/aromatic N) is 2. The molecule has 3 amide bonds. The molecule has 1 aliphatic heterocycles. The maximum atomic E-state index is 13.9. The minimum atomic E-state index is -4.19. The van der Waals surface area contributed by atoms with Crippen molar-refractivity contribution in [2.45, 2.75) is 44.2 Å². The fraction of sp³-hybridized carbons (Fsp3) is 0.276. The molecule has 3 aromatic carbocycles. The van der Waals surface area contributed by atoms with Crippen molar-refractivity contribution in [1.82, 2.24) is 14.5 Å². The van der Waals surface area contributed by atoms with Gasteiger partial charge in [0.1, 0.15) is 17.5 Å². The zero-order chi connectivity index (χ0) is 27.3. The molecule has 1 heterocycles. The van der Waals surface area contributed by atoms with Gasteiger partial charge in [0.2, 0.25) is 11.8 Å². The number of sulfonamides is 1. The van der Waals surface area contributed by atoms with Gasteiger partial charge >= 0.3 is 0 Å². The Morgan fingerprint density at radius 1 is 0.921 bits per heavy atom. The summed E-state index contributed by atoms with van der Waals surface area (Å²) in [5.74, 6) is -1.72. The first kappa shape index (κ1) is 27.1. The van der Waals surface area contributed by atoms with Gasteiger partial charge in [-0.2, -0.15) is 0 Å². The third kappa shape index (κ3) is 5.78. The standard InChI is InChI=1S/C29H31N3O5S/c1-3-17-30-28(34)25(18-22-9-5-4-6-10-22)31(19-23-15-13-21(2)14-16-23)27(33)20-32-29(35)24-11-7-8-12-26(24)38(32,36)37/h4-16,25H,3,17-20H2,1-2H3,(H,30,34)/t25-/m1/s1. The summed E-state index contributed by atoms with van der Waals surface area (Å²) in [6.45, 7) is 3.69. The lowest BCUT2D eigenvalue weighted by Gasteiger charge is -2.32. The van der Waals surface area contributed by atoms with Crippen molar-refractivity contribution < 1.29 is 22.8 Å². The molecule has 9 heteroatoms. The Kier molecular flexibility index (Phi) is 8.26. The lowest BCUT2D eigenvalue weighted by molar-refractivity contribution is -0.141. The number of benzene rings is 3. The zero-order valence-electron chi connectivity index (χ0n) is 21.5. The molecule has 0 bridgehead atoms. The molecule has 1 atom stereocenters. The van der Waals surface area contributed by atoms with E-state index in [0.29, 0.717) is 17.3 Å². The quantitative estimate of drug-likeness (QED) is 0.431. The first-order chi connectivity index (χ1) is 18.2. The second kappa shape index (κ2) is 11.6. The molecular formula is C29H31N3O5S. The van der Waals surface area contributed by atoms with E-state index in [1.54, 1.807) is 6.07 Å². The SMILES string of the molecule is CCCNC(=O)[C@@H](Cc1ccccc1)N(Cc1ccc(C)cc1)C(=O)CN1C(=O)c2ccccc2S1(=O)=O. The molecule has 0 radical (unpaired) electrons. The highest BCUT2D eigenvalue weighted by atomic mass is 32.2. The fourth-order valence-electron chi connectivity index (χ4n) is 4.41. The summed E-state index contributed by atoms with van der Waals surface area (Å²) in [4.78, 5) is 41.5. The summed E-state index contributed by atoms with van der Waals surface area (Å²) >= 11 is 0. The topological polar surface area (TPSA) is 104 Å². The Hall–Kier alpha value is -3.98. The third-order valence-electron chi connectivity index (χ3n) is 6.48. The fourth-order valence-corrected chi connectivity index (χ4v) is 5.93. The number of rotatable bonds is 10. The number of hydrogen-bond acceptors (Lipinski definition) is 5. The van der Waals surface area contributed by atoms with Crippen molar-refractivity contribution >= 4 is 27.7 Å². The van der Waals surface area contributed by atoms with Crippen molar-refractivity contribution in [3.05, 3.63) is 101 Å². The van der Waals surface area contributed by atoms with Gasteiger partial charge < -0.3 is 10.2 Å². The van der Waals surface area contributed by atoms with Gasteiger partial charge in [0, 0.05) is 19.5 Å². The molecule has 8 nitrogen and oxygen atoms in total. The van der Waals surface area contributed by atoms with Crippen LogP contribution in [0.25, 0.3) is 0 Å². The van der Waals surface area contributed by atoms with Crippen LogP contribution in [0.1, 0.15) is 40.4 Å². The predicted molar refractivity (Wildman–Crippen MR) is 144 cm³/mol. The van der Waals surface area contributed by atoms with Gasteiger partial charge in [-0.1, -0.05) is 79.2 Å². The molecule has 0 fully saturated rings.